The number of carbonyl (C=O) groups is 3. The number of carboxylic acid groups (broad SMARTS) is 1. The molecule has 0 spiro atoms. The van der Waals surface area contributed by atoms with E-state index in [0.29, 0.717) is 21.3 Å². The first-order valence-electron chi connectivity index (χ1n) is 10.2. The fourth-order valence-corrected chi connectivity index (χ4v) is 4.94. The number of ether oxygens (including phenoxy) is 2. The van der Waals surface area contributed by atoms with E-state index in [1.165, 1.54) is 25.2 Å². The standard InChI is InChI=1S/C25H19N3O6S/c1-33-24(31)20-19(13-6-4-3-5-7-13)16(12-26)22(27)28(21(20)25(32)34-2)15-8-9-17-14(10-15)11-18(35-17)23(29)30/h3-11,19H,27H2,1-2H3,(H,29,30). The van der Waals surface area contributed by atoms with E-state index in [4.69, 9.17) is 15.2 Å². The third-order valence-corrected chi connectivity index (χ3v) is 6.68. The van der Waals surface area contributed by atoms with Gasteiger partial charge in [-0.15, -0.1) is 11.3 Å². The largest absolute Gasteiger partial charge is 0.477 e. The van der Waals surface area contributed by atoms with Crippen LogP contribution in [0.5, 0.6) is 0 Å². The lowest BCUT2D eigenvalue weighted by Crippen LogP contribution is -2.40. The molecule has 0 aliphatic carbocycles. The maximum Gasteiger partial charge on any atom is 0.355 e. The number of hydrogen-bond acceptors (Lipinski definition) is 9. The molecule has 176 valence electrons. The molecule has 0 amide bonds. The number of fused-ring (bicyclic) bond motifs is 1. The molecular formula is C25H19N3O6S. The smallest absolute Gasteiger partial charge is 0.355 e. The summed E-state index contributed by atoms with van der Waals surface area (Å²) in [7, 11) is 2.34. The highest BCUT2D eigenvalue weighted by molar-refractivity contribution is 7.20. The molecule has 1 aliphatic heterocycles. The second-order valence-electron chi connectivity index (χ2n) is 7.47. The van der Waals surface area contributed by atoms with E-state index in [9.17, 15) is 24.8 Å². The fraction of sp³-hybridized carbons (Fsp3) is 0.120. The summed E-state index contributed by atoms with van der Waals surface area (Å²) in [6.07, 6.45) is 0. The molecule has 2 aromatic carbocycles. The van der Waals surface area contributed by atoms with Gasteiger partial charge in [-0.1, -0.05) is 30.3 Å². The van der Waals surface area contributed by atoms with Gasteiger partial charge in [0.2, 0.25) is 0 Å². The van der Waals surface area contributed by atoms with Crippen molar-refractivity contribution in [2.45, 2.75) is 5.92 Å². The van der Waals surface area contributed by atoms with Gasteiger partial charge >= 0.3 is 17.9 Å². The van der Waals surface area contributed by atoms with Crippen molar-refractivity contribution < 1.29 is 29.0 Å². The van der Waals surface area contributed by atoms with Crippen LogP contribution in [-0.2, 0) is 19.1 Å². The molecular weight excluding hydrogens is 470 g/mol. The number of carboxylic acids is 1. The van der Waals surface area contributed by atoms with E-state index < -0.39 is 23.8 Å². The molecule has 9 nitrogen and oxygen atoms in total. The Kier molecular flexibility index (Phi) is 6.27. The molecule has 3 N–H and O–H groups in total. The Balaban J connectivity index is 2.04. The van der Waals surface area contributed by atoms with Crippen LogP contribution in [0, 0.1) is 11.3 Å². The van der Waals surface area contributed by atoms with E-state index in [2.05, 4.69) is 6.07 Å². The van der Waals surface area contributed by atoms with Crippen LogP contribution in [0.25, 0.3) is 10.1 Å². The number of aromatic carboxylic acids is 1. The van der Waals surface area contributed by atoms with E-state index in [0.717, 1.165) is 11.3 Å². The van der Waals surface area contributed by atoms with Crippen molar-refractivity contribution in [2.75, 3.05) is 19.1 Å². The van der Waals surface area contributed by atoms with Gasteiger partial charge in [-0.2, -0.15) is 5.26 Å². The van der Waals surface area contributed by atoms with Crippen LogP contribution in [0.15, 0.2) is 77.3 Å². The summed E-state index contributed by atoms with van der Waals surface area (Å²) >= 11 is 1.09. The van der Waals surface area contributed by atoms with Crippen LogP contribution in [0.1, 0.15) is 21.2 Å². The predicted molar refractivity (Wildman–Crippen MR) is 128 cm³/mol. The van der Waals surface area contributed by atoms with Crippen LogP contribution in [0.4, 0.5) is 5.69 Å². The first-order chi connectivity index (χ1) is 16.8. The molecule has 1 aliphatic rings. The molecule has 1 aromatic heterocycles. The Bertz CT molecular complexity index is 1470. The van der Waals surface area contributed by atoms with E-state index >= 15 is 0 Å². The number of rotatable bonds is 5. The van der Waals surface area contributed by atoms with E-state index in [1.54, 1.807) is 48.5 Å². The Labute approximate surface area is 203 Å². The minimum absolute atomic E-state index is 0.0425. The number of hydrogen-bond donors (Lipinski definition) is 2. The zero-order valence-electron chi connectivity index (χ0n) is 18.6. The van der Waals surface area contributed by atoms with Crippen LogP contribution in [0.3, 0.4) is 0 Å². The van der Waals surface area contributed by atoms with Gasteiger partial charge in [-0.25, -0.2) is 14.4 Å². The summed E-state index contributed by atoms with van der Waals surface area (Å²) in [6, 6.07) is 17.2. The highest BCUT2D eigenvalue weighted by Crippen LogP contribution is 2.43. The fourth-order valence-electron chi connectivity index (χ4n) is 4.06. The predicted octanol–water partition coefficient (Wildman–Crippen LogP) is 3.50. The number of allylic oxidation sites excluding steroid dienone is 1. The lowest BCUT2D eigenvalue weighted by molar-refractivity contribution is -0.139. The number of carbonyl (C=O) groups excluding carboxylic acids is 2. The van der Waals surface area contributed by atoms with Crippen molar-refractivity contribution in [3.8, 4) is 6.07 Å². The molecule has 10 heteroatoms. The maximum absolute atomic E-state index is 13.1. The Morgan fingerprint density at radius 3 is 2.34 bits per heavy atom. The number of benzene rings is 2. The molecule has 0 bridgehead atoms. The highest BCUT2D eigenvalue weighted by Gasteiger charge is 2.43. The van der Waals surface area contributed by atoms with Gasteiger partial charge in [0.25, 0.3) is 0 Å². The summed E-state index contributed by atoms with van der Waals surface area (Å²) in [5.74, 6) is -3.78. The zero-order valence-corrected chi connectivity index (χ0v) is 19.5. The number of nitrogens with zero attached hydrogens (tertiary/aromatic N) is 2. The minimum atomic E-state index is -1.06. The van der Waals surface area contributed by atoms with Gasteiger partial charge in [0.1, 0.15) is 16.4 Å². The molecule has 2 heterocycles. The van der Waals surface area contributed by atoms with Gasteiger partial charge in [0.15, 0.2) is 0 Å². The first kappa shape index (κ1) is 23.5. The molecule has 3 aromatic rings. The van der Waals surface area contributed by atoms with Crippen LogP contribution in [-0.4, -0.2) is 37.2 Å². The Hall–Kier alpha value is -4.62. The zero-order chi connectivity index (χ0) is 25.3. The van der Waals surface area contributed by atoms with Gasteiger partial charge in [0, 0.05) is 10.4 Å². The lowest BCUT2D eigenvalue weighted by Gasteiger charge is -2.35. The van der Waals surface area contributed by atoms with Gasteiger partial charge in [-0.3, -0.25) is 4.90 Å². The summed E-state index contributed by atoms with van der Waals surface area (Å²) < 4.78 is 10.7. The quantitative estimate of drug-likeness (QED) is 0.515. The van der Waals surface area contributed by atoms with Gasteiger partial charge in [-0.05, 0) is 35.2 Å². The van der Waals surface area contributed by atoms with Crippen molar-refractivity contribution in [3.63, 3.8) is 0 Å². The molecule has 4 rings (SSSR count). The molecule has 35 heavy (non-hydrogen) atoms. The average molecular weight is 490 g/mol. The van der Waals surface area contributed by atoms with Crippen molar-refractivity contribution in [2.24, 2.45) is 5.73 Å². The number of nitrogens with two attached hydrogens (primary N) is 1. The normalized spacial score (nSPS) is 15.7. The average Bonchev–Trinajstić information content (AvgIpc) is 3.31. The molecule has 1 unspecified atom stereocenters. The number of anilines is 1. The van der Waals surface area contributed by atoms with E-state index in [1.807, 2.05) is 0 Å². The molecule has 0 saturated carbocycles. The Morgan fingerprint density at radius 1 is 1.06 bits per heavy atom. The van der Waals surface area contributed by atoms with Crippen molar-refractivity contribution in [1.29, 1.82) is 5.26 Å². The summed E-state index contributed by atoms with van der Waals surface area (Å²) in [4.78, 5) is 39.0. The van der Waals surface area contributed by atoms with Gasteiger partial charge in [0.05, 0.1) is 37.4 Å². The summed E-state index contributed by atoms with van der Waals surface area (Å²) in [5.41, 5.74) is 7.12. The van der Waals surface area contributed by atoms with Crippen molar-refractivity contribution in [1.82, 2.24) is 0 Å². The minimum Gasteiger partial charge on any atom is -0.477 e. The monoisotopic (exact) mass is 489 g/mol. The second-order valence-corrected chi connectivity index (χ2v) is 8.56. The topological polar surface area (TPSA) is 143 Å². The maximum atomic E-state index is 13.1. The summed E-state index contributed by atoms with van der Waals surface area (Å²) in [5, 5.41) is 20.0. The number of methoxy groups -OCH3 is 2. The molecule has 0 radical (unpaired) electrons. The molecule has 0 saturated heterocycles. The summed E-state index contributed by atoms with van der Waals surface area (Å²) in [6.45, 7) is 0. The lowest BCUT2D eigenvalue weighted by atomic mass is 9.81. The highest BCUT2D eigenvalue weighted by atomic mass is 32.1. The number of thiophene rings is 1. The SMILES string of the molecule is COC(=O)C1=C(C(=O)OC)N(c2ccc3sc(C(=O)O)cc3c2)C(N)=C(C#N)C1c1ccccc1. The molecule has 0 fully saturated rings. The van der Waals surface area contributed by atoms with Crippen LogP contribution >= 0.6 is 11.3 Å². The number of nitriles is 1. The van der Waals surface area contributed by atoms with Crippen LogP contribution in [0.2, 0.25) is 0 Å². The van der Waals surface area contributed by atoms with Crippen LogP contribution < -0.4 is 10.6 Å². The third kappa shape index (κ3) is 3.98. The van der Waals surface area contributed by atoms with Gasteiger partial charge < -0.3 is 20.3 Å². The Morgan fingerprint density at radius 2 is 1.74 bits per heavy atom. The third-order valence-electron chi connectivity index (χ3n) is 5.58. The molecule has 1 atom stereocenters. The second kappa shape index (κ2) is 9.32. The number of esters is 2. The first-order valence-corrected chi connectivity index (χ1v) is 11.1. The van der Waals surface area contributed by atoms with E-state index in [-0.39, 0.29) is 27.5 Å². The van der Waals surface area contributed by atoms with Crippen molar-refractivity contribution >= 4 is 45.0 Å². The van der Waals surface area contributed by atoms with Crippen molar-refractivity contribution in [3.05, 3.63) is 87.7 Å².